The molecule has 110 valence electrons. The molecule has 21 heavy (non-hydrogen) atoms. The first-order valence-electron chi connectivity index (χ1n) is 6.25. The molecule has 0 saturated carbocycles. The summed E-state index contributed by atoms with van der Waals surface area (Å²) < 4.78 is 5.46. The fourth-order valence-corrected chi connectivity index (χ4v) is 2.04. The predicted octanol–water partition coefficient (Wildman–Crippen LogP) is 3.47. The maximum absolute atomic E-state index is 11.8. The van der Waals surface area contributed by atoms with Crippen LogP contribution in [0.5, 0.6) is 5.75 Å². The molecule has 0 aliphatic heterocycles. The molecule has 3 N–H and O–H groups in total. The van der Waals surface area contributed by atoms with Crippen molar-refractivity contribution in [3.05, 3.63) is 58.1 Å². The number of carbonyl (C=O) groups is 1. The number of carbonyl (C=O) groups excluding carboxylic acids is 1. The van der Waals surface area contributed by atoms with E-state index in [9.17, 15) is 4.79 Å². The molecule has 0 aliphatic rings. The maximum Gasteiger partial charge on any atom is 0.262 e. The second kappa shape index (κ2) is 7.31. The number of hydrogen-bond donors (Lipinski definition) is 2. The van der Waals surface area contributed by atoms with Crippen LogP contribution in [-0.4, -0.2) is 12.5 Å². The van der Waals surface area contributed by atoms with Crippen LogP contribution in [0.1, 0.15) is 5.56 Å². The minimum absolute atomic E-state index is 0.114. The summed E-state index contributed by atoms with van der Waals surface area (Å²) in [6.45, 7) is 0.173. The molecule has 0 aliphatic carbocycles. The minimum atomic E-state index is -0.268. The third kappa shape index (κ3) is 4.63. The van der Waals surface area contributed by atoms with E-state index < -0.39 is 0 Å². The molecule has 0 heterocycles. The summed E-state index contributed by atoms with van der Waals surface area (Å²) in [5, 5.41) is 3.89. The number of anilines is 1. The molecule has 0 aromatic heterocycles. The van der Waals surface area contributed by atoms with Crippen LogP contribution in [0.4, 0.5) is 5.69 Å². The van der Waals surface area contributed by atoms with Crippen LogP contribution >= 0.6 is 23.2 Å². The molecule has 6 heteroatoms. The Morgan fingerprint density at radius 1 is 1.10 bits per heavy atom. The highest BCUT2D eigenvalue weighted by Crippen LogP contribution is 2.22. The summed E-state index contributed by atoms with van der Waals surface area (Å²) in [5.41, 5.74) is 7.02. The Labute approximate surface area is 132 Å². The van der Waals surface area contributed by atoms with E-state index in [1.807, 2.05) is 0 Å². The van der Waals surface area contributed by atoms with Crippen molar-refractivity contribution in [1.29, 1.82) is 0 Å². The topological polar surface area (TPSA) is 64.3 Å². The lowest BCUT2D eigenvalue weighted by atomic mass is 10.2. The Hall–Kier alpha value is -1.75. The number of amides is 1. The van der Waals surface area contributed by atoms with Gasteiger partial charge in [0, 0.05) is 27.8 Å². The summed E-state index contributed by atoms with van der Waals surface area (Å²) >= 11 is 11.7. The highest BCUT2D eigenvalue weighted by molar-refractivity contribution is 6.31. The molecule has 2 aromatic rings. The Balaban J connectivity index is 1.93. The second-order valence-corrected chi connectivity index (χ2v) is 5.17. The van der Waals surface area contributed by atoms with E-state index in [1.54, 1.807) is 42.5 Å². The van der Waals surface area contributed by atoms with Gasteiger partial charge in [0.15, 0.2) is 6.61 Å². The van der Waals surface area contributed by atoms with E-state index >= 15 is 0 Å². The molecule has 0 radical (unpaired) electrons. The third-order valence-corrected chi connectivity index (χ3v) is 3.22. The monoisotopic (exact) mass is 324 g/mol. The molecule has 0 atom stereocenters. The first-order valence-corrected chi connectivity index (χ1v) is 7.01. The van der Waals surface area contributed by atoms with Crippen molar-refractivity contribution in [1.82, 2.24) is 0 Å². The van der Waals surface area contributed by atoms with E-state index in [2.05, 4.69) is 5.32 Å². The molecule has 1 amide bonds. The van der Waals surface area contributed by atoms with Gasteiger partial charge in [-0.15, -0.1) is 0 Å². The van der Waals surface area contributed by atoms with Gasteiger partial charge in [0.1, 0.15) is 5.75 Å². The zero-order valence-corrected chi connectivity index (χ0v) is 12.6. The van der Waals surface area contributed by atoms with Gasteiger partial charge in [0.2, 0.25) is 0 Å². The molecule has 0 bridgehead atoms. The lowest BCUT2D eigenvalue weighted by molar-refractivity contribution is -0.118. The number of hydrogen-bond acceptors (Lipinski definition) is 3. The Morgan fingerprint density at radius 2 is 1.76 bits per heavy atom. The molecule has 0 spiro atoms. The molecule has 2 aromatic carbocycles. The first kappa shape index (κ1) is 15.6. The summed E-state index contributed by atoms with van der Waals surface area (Å²) in [6, 6.07) is 11.9. The molecule has 4 nitrogen and oxygen atoms in total. The fraction of sp³-hybridized carbons (Fsp3) is 0.133. The van der Waals surface area contributed by atoms with Crippen LogP contribution in [0.25, 0.3) is 0 Å². The van der Waals surface area contributed by atoms with Gasteiger partial charge in [-0.2, -0.15) is 0 Å². The van der Waals surface area contributed by atoms with Crippen LogP contribution in [-0.2, 0) is 11.3 Å². The van der Waals surface area contributed by atoms with Gasteiger partial charge in [-0.05, 0) is 42.5 Å². The second-order valence-electron chi connectivity index (χ2n) is 4.30. The molecule has 0 saturated heterocycles. The van der Waals surface area contributed by atoms with Gasteiger partial charge >= 0.3 is 0 Å². The van der Waals surface area contributed by atoms with Gasteiger partial charge in [-0.1, -0.05) is 23.2 Å². The Bertz CT molecular complexity index is 630. The van der Waals surface area contributed by atoms with Crippen molar-refractivity contribution < 1.29 is 9.53 Å². The highest BCUT2D eigenvalue weighted by atomic mass is 35.5. The van der Waals surface area contributed by atoms with E-state index in [0.29, 0.717) is 21.5 Å². The molecular weight excluding hydrogens is 311 g/mol. The van der Waals surface area contributed by atoms with Crippen molar-refractivity contribution in [2.45, 2.75) is 6.54 Å². The number of benzene rings is 2. The standard InChI is InChI=1S/C15H14Cl2N2O2/c16-11-1-4-13(5-2-11)19-15(20)9-21-14-6-3-12(17)7-10(14)8-18/h1-7H,8-9,18H2,(H,19,20). The first-order chi connectivity index (χ1) is 10.1. The van der Waals surface area contributed by atoms with E-state index in [1.165, 1.54) is 0 Å². The van der Waals surface area contributed by atoms with Gasteiger partial charge in [0.05, 0.1) is 0 Å². The van der Waals surface area contributed by atoms with Crippen LogP contribution < -0.4 is 15.8 Å². The average molecular weight is 325 g/mol. The number of halogens is 2. The normalized spacial score (nSPS) is 10.2. The molecule has 0 fully saturated rings. The lowest BCUT2D eigenvalue weighted by Crippen LogP contribution is -2.20. The summed E-state index contributed by atoms with van der Waals surface area (Å²) in [7, 11) is 0. The van der Waals surface area contributed by atoms with Crippen LogP contribution in [0, 0.1) is 0 Å². The van der Waals surface area contributed by atoms with Crippen molar-refractivity contribution in [3.8, 4) is 5.75 Å². The van der Waals surface area contributed by atoms with Crippen LogP contribution in [0.2, 0.25) is 10.0 Å². The number of rotatable bonds is 5. The number of ether oxygens (including phenoxy) is 1. The largest absolute Gasteiger partial charge is 0.483 e. The Morgan fingerprint density at radius 3 is 2.43 bits per heavy atom. The van der Waals surface area contributed by atoms with Crippen molar-refractivity contribution in [2.24, 2.45) is 5.73 Å². The van der Waals surface area contributed by atoms with Gasteiger partial charge in [0.25, 0.3) is 5.91 Å². The quantitative estimate of drug-likeness (QED) is 0.885. The van der Waals surface area contributed by atoms with Gasteiger partial charge in [-0.3, -0.25) is 4.79 Å². The lowest BCUT2D eigenvalue weighted by Gasteiger charge is -2.11. The summed E-state index contributed by atoms with van der Waals surface area (Å²) in [4.78, 5) is 11.8. The minimum Gasteiger partial charge on any atom is -0.483 e. The maximum atomic E-state index is 11.8. The predicted molar refractivity (Wildman–Crippen MR) is 84.9 cm³/mol. The van der Waals surface area contributed by atoms with Crippen LogP contribution in [0.3, 0.4) is 0 Å². The van der Waals surface area contributed by atoms with E-state index in [4.69, 9.17) is 33.7 Å². The Kier molecular flexibility index (Phi) is 5.44. The zero-order chi connectivity index (χ0) is 15.2. The van der Waals surface area contributed by atoms with E-state index in [-0.39, 0.29) is 19.1 Å². The fourth-order valence-electron chi connectivity index (χ4n) is 1.72. The molecule has 2 rings (SSSR count). The highest BCUT2D eigenvalue weighted by Gasteiger charge is 2.07. The smallest absolute Gasteiger partial charge is 0.262 e. The van der Waals surface area contributed by atoms with Crippen molar-refractivity contribution in [3.63, 3.8) is 0 Å². The van der Waals surface area contributed by atoms with E-state index in [0.717, 1.165) is 5.56 Å². The zero-order valence-electron chi connectivity index (χ0n) is 11.1. The summed E-state index contributed by atoms with van der Waals surface area (Å²) in [6.07, 6.45) is 0. The van der Waals surface area contributed by atoms with Crippen molar-refractivity contribution in [2.75, 3.05) is 11.9 Å². The van der Waals surface area contributed by atoms with Gasteiger partial charge in [-0.25, -0.2) is 0 Å². The molecule has 0 unspecified atom stereocenters. The third-order valence-electron chi connectivity index (χ3n) is 2.73. The van der Waals surface area contributed by atoms with Gasteiger partial charge < -0.3 is 15.8 Å². The number of nitrogens with two attached hydrogens (primary N) is 1. The SMILES string of the molecule is NCc1cc(Cl)ccc1OCC(=O)Nc1ccc(Cl)cc1. The summed E-state index contributed by atoms with van der Waals surface area (Å²) in [5.74, 6) is 0.281. The number of nitrogens with one attached hydrogen (secondary N) is 1. The van der Waals surface area contributed by atoms with Crippen molar-refractivity contribution >= 4 is 34.8 Å². The molecular formula is C15H14Cl2N2O2. The average Bonchev–Trinajstić information content (AvgIpc) is 2.48. The van der Waals surface area contributed by atoms with Crippen LogP contribution in [0.15, 0.2) is 42.5 Å².